The van der Waals surface area contributed by atoms with Crippen LogP contribution in [-0.2, 0) is 4.79 Å². The minimum Gasteiger partial charge on any atom is -0.478 e. The molecule has 1 aromatic rings. The summed E-state index contributed by atoms with van der Waals surface area (Å²) in [6.07, 6.45) is 8.19. The summed E-state index contributed by atoms with van der Waals surface area (Å²) in [4.78, 5) is 17.2. The van der Waals surface area contributed by atoms with E-state index in [0.717, 1.165) is 36.1 Å². The Kier molecular flexibility index (Phi) is 3.97. The molecule has 1 aromatic heterocycles. The molecular formula is C14H18N2O2. The second kappa shape index (κ2) is 5.67. The number of anilines is 1. The van der Waals surface area contributed by atoms with E-state index in [4.69, 9.17) is 5.11 Å². The van der Waals surface area contributed by atoms with Gasteiger partial charge in [-0.1, -0.05) is 0 Å². The normalized spacial score (nSPS) is 16.2. The van der Waals surface area contributed by atoms with E-state index in [2.05, 4.69) is 9.88 Å². The highest BCUT2D eigenvalue weighted by Crippen LogP contribution is 2.22. The minimum absolute atomic E-state index is 0.829. The van der Waals surface area contributed by atoms with E-state index in [1.807, 2.05) is 13.0 Å². The van der Waals surface area contributed by atoms with Gasteiger partial charge in [0.2, 0.25) is 0 Å². The third-order valence-corrected chi connectivity index (χ3v) is 3.15. The Morgan fingerprint density at radius 2 is 2.11 bits per heavy atom. The lowest BCUT2D eigenvalue weighted by atomic mass is 10.1. The monoisotopic (exact) mass is 246 g/mol. The predicted octanol–water partition coefficient (Wildman–Crippen LogP) is 2.48. The number of aliphatic carboxylic acids is 1. The summed E-state index contributed by atoms with van der Waals surface area (Å²) in [5, 5.41) is 8.59. The van der Waals surface area contributed by atoms with Crippen LogP contribution in [0.4, 0.5) is 5.82 Å². The summed E-state index contributed by atoms with van der Waals surface area (Å²) < 4.78 is 0. The molecule has 0 aliphatic carbocycles. The molecule has 1 aliphatic heterocycles. The Morgan fingerprint density at radius 1 is 1.39 bits per heavy atom. The van der Waals surface area contributed by atoms with Gasteiger partial charge in [0, 0.05) is 25.4 Å². The molecule has 0 bridgehead atoms. The molecule has 4 heteroatoms. The van der Waals surface area contributed by atoms with Crippen molar-refractivity contribution >= 4 is 17.9 Å². The fraction of sp³-hybridized carbons (Fsp3) is 0.429. The van der Waals surface area contributed by atoms with Gasteiger partial charge in [-0.3, -0.25) is 0 Å². The topological polar surface area (TPSA) is 53.4 Å². The number of hydrogen-bond donors (Lipinski definition) is 1. The molecule has 1 aliphatic rings. The van der Waals surface area contributed by atoms with Crippen molar-refractivity contribution < 1.29 is 9.90 Å². The number of rotatable bonds is 3. The molecule has 0 saturated carbocycles. The summed E-state index contributed by atoms with van der Waals surface area (Å²) >= 11 is 0. The molecule has 4 nitrogen and oxygen atoms in total. The average Bonchev–Trinajstić information content (AvgIpc) is 2.37. The van der Waals surface area contributed by atoms with Crippen LogP contribution < -0.4 is 4.90 Å². The van der Waals surface area contributed by atoms with Gasteiger partial charge in [-0.15, -0.1) is 0 Å². The first-order valence-electron chi connectivity index (χ1n) is 6.29. The number of carboxylic acids is 1. The fourth-order valence-corrected chi connectivity index (χ4v) is 2.28. The summed E-state index contributed by atoms with van der Waals surface area (Å²) in [5.74, 6) is 0.0925. The van der Waals surface area contributed by atoms with E-state index < -0.39 is 5.97 Å². The molecule has 0 spiro atoms. The van der Waals surface area contributed by atoms with Gasteiger partial charge >= 0.3 is 5.97 Å². The van der Waals surface area contributed by atoms with Gasteiger partial charge in [-0.2, -0.15) is 0 Å². The molecule has 1 N–H and O–H groups in total. The van der Waals surface area contributed by atoms with Crippen LogP contribution in [0.15, 0.2) is 18.3 Å². The summed E-state index contributed by atoms with van der Waals surface area (Å²) in [6, 6.07) is 1.98. The van der Waals surface area contributed by atoms with E-state index in [1.54, 1.807) is 12.3 Å². The Bertz CT molecular complexity index is 463. The lowest BCUT2D eigenvalue weighted by Gasteiger charge is -2.29. The SMILES string of the molecule is Cc1cc(/C=C/C(=O)O)cnc1N1CCCCC1. The van der Waals surface area contributed by atoms with Crippen molar-refractivity contribution in [3.8, 4) is 0 Å². The molecule has 0 atom stereocenters. The first-order chi connectivity index (χ1) is 8.66. The maximum atomic E-state index is 10.5. The third kappa shape index (κ3) is 3.09. The number of nitrogens with zero attached hydrogens (tertiary/aromatic N) is 2. The highest BCUT2D eigenvalue weighted by atomic mass is 16.4. The van der Waals surface area contributed by atoms with Gasteiger partial charge in [-0.25, -0.2) is 9.78 Å². The summed E-state index contributed by atoms with van der Waals surface area (Å²) in [6.45, 7) is 4.16. The number of aryl methyl sites for hydroxylation is 1. The van der Waals surface area contributed by atoms with Crippen LogP contribution in [0.3, 0.4) is 0 Å². The van der Waals surface area contributed by atoms with Gasteiger partial charge in [0.15, 0.2) is 0 Å². The highest BCUT2D eigenvalue weighted by Gasteiger charge is 2.13. The maximum absolute atomic E-state index is 10.5. The van der Waals surface area contributed by atoms with Crippen LogP contribution in [0.5, 0.6) is 0 Å². The van der Waals surface area contributed by atoms with Crippen molar-refractivity contribution in [1.82, 2.24) is 4.98 Å². The van der Waals surface area contributed by atoms with Crippen molar-refractivity contribution in [2.45, 2.75) is 26.2 Å². The largest absolute Gasteiger partial charge is 0.478 e. The highest BCUT2D eigenvalue weighted by molar-refractivity contribution is 5.85. The first-order valence-corrected chi connectivity index (χ1v) is 6.29. The lowest BCUT2D eigenvalue weighted by molar-refractivity contribution is -0.131. The number of pyridine rings is 1. The standard InChI is InChI=1S/C14H18N2O2/c1-11-9-12(5-6-13(17)18)10-15-14(11)16-7-3-2-4-8-16/h5-6,9-10H,2-4,7-8H2,1H3,(H,17,18)/b6-5+. The molecule has 0 unspecified atom stereocenters. The van der Waals surface area contributed by atoms with Gasteiger partial charge in [-0.05, 0) is 49.5 Å². The summed E-state index contributed by atoms with van der Waals surface area (Å²) in [7, 11) is 0. The Hall–Kier alpha value is -1.84. The van der Waals surface area contributed by atoms with E-state index in [0.29, 0.717) is 0 Å². The van der Waals surface area contributed by atoms with Gasteiger partial charge < -0.3 is 10.0 Å². The number of hydrogen-bond acceptors (Lipinski definition) is 3. The third-order valence-electron chi connectivity index (χ3n) is 3.15. The molecule has 0 radical (unpaired) electrons. The van der Waals surface area contributed by atoms with Crippen LogP contribution in [0.1, 0.15) is 30.4 Å². The van der Waals surface area contributed by atoms with Crippen LogP contribution in [-0.4, -0.2) is 29.1 Å². The van der Waals surface area contributed by atoms with E-state index >= 15 is 0 Å². The van der Waals surface area contributed by atoms with Crippen molar-refractivity contribution in [3.05, 3.63) is 29.5 Å². The average molecular weight is 246 g/mol. The Labute approximate surface area is 107 Å². The molecule has 18 heavy (non-hydrogen) atoms. The Balaban J connectivity index is 2.16. The van der Waals surface area contributed by atoms with Gasteiger partial charge in [0.25, 0.3) is 0 Å². The minimum atomic E-state index is -0.937. The van der Waals surface area contributed by atoms with E-state index in [9.17, 15) is 4.79 Å². The summed E-state index contributed by atoms with van der Waals surface area (Å²) in [5.41, 5.74) is 1.93. The van der Waals surface area contributed by atoms with Crippen LogP contribution in [0.25, 0.3) is 6.08 Å². The fourth-order valence-electron chi connectivity index (χ4n) is 2.28. The Morgan fingerprint density at radius 3 is 2.72 bits per heavy atom. The number of carboxylic acid groups (broad SMARTS) is 1. The molecule has 96 valence electrons. The van der Waals surface area contributed by atoms with Crippen LogP contribution >= 0.6 is 0 Å². The number of carbonyl (C=O) groups is 1. The lowest BCUT2D eigenvalue weighted by Crippen LogP contribution is -2.30. The second-order valence-electron chi connectivity index (χ2n) is 4.63. The van der Waals surface area contributed by atoms with Crippen molar-refractivity contribution in [3.63, 3.8) is 0 Å². The predicted molar refractivity (Wildman–Crippen MR) is 71.7 cm³/mol. The van der Waals surface area contributed by atoms with Crippen molar-refractivity contribution in [2.24, 2.45) is 0 Å². The van der Waals surface area contributed by atoms with Crippen LogP contribution in [0.2, 0.25) is 0 Å². The van der Waals surface area contributed by atoms with Crippen molar-refractivity contribution in [1.29, 1.82) is 0 Å². The van der Waals surface area contributed by atoms with Gasteiger partial charge in [0.1, 0.15) is 5.82 Å². The smallest absolute Gasteiger partial charge is 0.328 e. The first kappa shape index (κ1) is 12.6. The quantitative estimate of drug-likeness (QED) is 0.832. The van der Waals surface area contributed by atoms with Gasteiger partial charge in [0.05, 0.1) is 0 Å². The zero-order chi connectivity index (χ0) is 13.0. The zero-order valence-corrected chi connectivity index (χ0v) is 10.6. The molecule has 1 saturated heterocycles. The number of piperidine rings is 1. The molecule has 2 heterocycles. The van der Waals surface area contributed by atoms with E-state index in [-0.39, 0.29) is 0 Å². The van der Waals surface area contributed by atoms with E-state index in [1.165, 1.54) is 19.3 Å². The molecular weight excluding hydrogens is 228 g/mol. The van der Waals surface area contributed by atoms with Crippen LogP contribution in [0, 0.1) is 6.92 Å². The number of aromatic nitrogens is 1. The molecule has 0 aromatic carbocycles. The maximum Gasteiger partial charge on any atom is 0.328 e. The zero-order valence-electron chi connectivity index (χ0n) is 10.6. The van der Waals surface area contributed by atoms with Crippen molar-refractivity contribution in [2.75, 3.05) is 18.0 Å². The molecule has 1 fully saturated rings. The molecule has 2 rings (SSSR count). The molecule has 0 amide bonds. The second-order valence-corrected chi connectivity index (χ2v) is 4.63.